The maximum atomic E-state index is 14.7. The molecule has 1 heterocycles. The van der Waals surface area contributed by atoms with Crippen molar-refractivity contribution in [2.75, 3.05) is 39.8 Å². The van der Waals surface area contributed by atoms with E-state index in [0.717, 1.165) is 37.8 Å². The molecule has 3 aromatic rings. The van der Waals surface area contributed by atoms with E-state index in [1.165, 1.54) is 11.6 Å². The number of amides is 2. The Labute approximate surface area is 272 Å². The van der Waals surface area contributed by atoms with Crippen LogP contribution in [0.25, 0.3) is 0 Å². The molecular weight excluding hydrogens is 583 g/mol. The van der Waals surface area contributed by atoms with Crippen molar-refractivity contribution in [3.63, 3.8) is 0 Å². The third-order valence-corrected chi connectivity index (χ3v) is 9.30. The summed E-state index contributed by atoms with van der Waals surface area (Å²) < 4.78 is 25.9. The van der Waals surface area contributed by atoms with Crippen molar-refractivity contribution in [2.45, 2.75) is 64.4 Å². The highest BCUT2D eigenvalue weighted by Gasteiger charge is 2.37. The number of benzene rings is 3. The van der Waals surface area contributed by atoms with Gasteiger partial charge in [-0.05, 0) is 68.8 Å². The first-order chi connectivity index (χ1) is 22.4. The highest BCUT2D eigenvalue weighted by molar-refractivity contribution is 5.86. The maximum absolute atomic E-state index is 14.7. The molecule has 2 fully saturated rings. The quantitative estimate of drug-likeness (QED) is 0.271. The Morgan fingerprint density at radius 3 is 2.20 bits per heavy atom. The van der Waals surface area contributed by atoms with Crippen LogP contribution in [0, 0.1) is 11.7 Å². The lowest BCUT2D eigenvalue weighted by atomic mass is 9.80. The van der Waals surface area contributed by atoms with E-state index in [1.807, 2.05) is 48.2 Å². The van der Waals surface area contributed by atoms with E-state index in [0.29, 0.717) is 56.7 Å². The molecule has 46 heavy (non-hydrogen) atoms. The molecule has 9 heteroatoms. The van der Waals surface area contributed by atoms with Crippen LogP contribution in [0.4, 0.5) is 9.18 Å². The Bertz CT molecular complexity index is 1390. The molecule has 0 spiro atoms. The SMILES string of the molecule is CCOc1cccc(F)c1CN1CCN(C(=O)[C@H](NC(=O)OCc2ccccc2)C2CCC(N(C)Cc3ccccc3)CC2)CC1. The number of halogens is 1. The highest BCUT2D eigenvalue weighted by atomic mass is 19.1. The summed E-state index contributed by atoms with van der Waals surface area (Å²) in [4.78, 5) is 33.5. The minimum atomic E-state index is -0.661. The number of nitrogens with one attached hydrogen (secondary N) is 1. The van der Waals surface area contributed by atoms with E-state index in [4.69, 9.17) is 9.47 Å². The maximum Gasteiger partial charge on any atom is 0.408 e. The molecule has 1 N–H and O–H groups in total. The molecule has 2 amide bonds. The van der Waals surface area contributed by atoms with Crippen LogP contribution >= 0.6 is 0 Å². The minimum Gasteiger partial charge on any atom is -0.493 e. The second kappa shape index (κ2) is 16.6. The molecule has 2 aliphatic rings. The lowest BCUT2D eigenvalue weighted by Crippen LogP contribution is -2.57. The minimum absolute atomic E-state index is 0.0170. The summed E-state index contributed by atoms with van der Waals surface area (Å²) in [7, 11) is 2.16. The van der Waals surface area contributed by atoms with Gasteiger partial charge in [0.2, 0.25) is 5.91 Å². The van der Waals surface area contributed by atoms with E-state index < -0.39 is 12.1 Å². The number of hydrogen-bond acceptors (Lipinski definition) is 6. The fraction of sp³-hybridized carbons (Fsp3) is 0.459. The Kier molecular flexibility index (Phi) is 12.0. The lowest BCUT2D eigenvalue weighted by molar-refractivity contribution is -0.137. The molecule has 246 valence electrons. The van der Waals surface area contributed by atoms with Crippen LogP contribution in [0.1, 0.15) is 49.3 Å². The van der Waals surface area contributed by atoms with Gasteiger partial charge in [0, 0.05) is 50.9 Å². The number of carbonyl (C=O) groups is 2. The van der Waals surface area contributed by atoms with Crippen molar-refractivity contribution in [3.05, 3.63) is 101 Å². The molecule has 0 bridgehead atoms. The fourth-order valence-corrected chi connectivity index (χ4v) is 6.68. The summed E-state index contributed by atoms with van der Waals surface area (Å²) in [5.41, 5.74) is 2.71. The van der Waals surface area contributed by atoms with Crippen molar-refractivity contribution in [1.82, 2.24) is 20.0 Å². The molecule has 1 saturated heterocycles. The van der Waals surface area contributed by atoms with Crippen LogP contribution in [0.3, 0.4) is 0 Å². The smallest absolute Gasteiger partial charge is 0.408 e. The van der Waals surface area contributed by atoms with E-state index in [9.17, 15) is 14.0 Å². The van der Waals surface area contributed by atoms with Crippen LogP contribution in [0.5, 0.6) is 5.75 Å². The predicted molar refractivity (Wildman–Crippen MR) is 177 cm³/mol. The summed E-state index contributed by atoms with van der Waals surface area (Å²) in [6, 6.07) is 24.7. The molecule has 1 aliphatic heterocycles. The zero-order chi connectivity index (χ0) is 32.3. The van der Waals surface area contributed by atoms with E-state index >= 15 is 0 Å². The molecule has 1 saturated carbocycles. The standard InChI is InChI=1S/C37H47FN4O4/c1-3-45-34-16-10-15-33(38)32(34)26-41-21-23-42(24-22-41)36(43)35(39-37(44)46-27-29-13-8-5-9-14-29)30-17-19-31(20-18-30)40(2)25-28-11-6-4-7-12-28/h4-16,30-31,35H,3,17-27H2,1-2H3,(H,39,44)/t30?,31?,35-/m1/s1. The van der Waals surface area contributed by atoms with Gasteiger partial charge >= 0.3 is 6.09 Å². The van der Waals surface area contributed by atoms with Crippen LogP contribution < -0.4 is 10.1 Å². The summed E-state index contributed by atoms with van der Waals surface area (Å²) in [5.74, 6) is 0.221. The van der Waals surface area contributed by atoms with Gasteiger partial charge in [0.1, 0.15) is 24.2 Å². The molecule has 0 aromatic heterocycles. The van der Waals surface area contributed by atoms with Gasteiger partial charge in [-0.2, -0.15) is 0 Å². The molecule has 8 nitrogen and oxygen atoms in total. The normalized spacial score (nSPS) is 19.4. The van der Waals surface area contributed by atoms with E-state index in [2.05, 4.69) is 46.4 Å². The van der Waals surface area contributed by atoms with Gasteiger partial charge in [-0.15, -0.1) is 0 Å². The zero-order valence-electron chi connectivity index (χ0n) is 27.1. The van der Waals surface area contributed by atoms with Gasteiger partial charge in [0.15, 0.2) is 0 Å². The lowest BCUT2D eigenvalue weighted by Gasteiger charge is -2.40. The molecule has 1 atom stereocenters. The largest absolute Gasteiger partial charge is 0.493 e. The summed E-state index contributed by atoms with van der Waals surface area (Å²) in [5, 5.41) is 2.97. The zero-order valence-corrected chi connectivity index (χ0v) is 27.1. The fourth-order valence-electron chi connectivity index (χ4n) is 6.68. The predicted octanol–water partition coefficient (Wildman–Crippen LogP) is 5.85. The molecule has 0 radical (unpaired) electrons. The topological polar surface area (TPSA) is 74.3 Å². The Hall–Kier alpha value is -3.95. The van der Waals surface area contributed by atoms with Crippen molar-refractivity contribution >= 4 is 12.0 Å². The van der Waals surface area contributed by atoms with Gasteiger partial charge in [-0.1, -0.05) is 66.7 Å². The van der Waals surface area contributed by atoms with E-state index in [-0.39, 0.29) is 24.2 Å². The first-order valence-corrected chi connectivity index (χ1v) is 16.5. The summed E-state index contributed by atoms with van der Waals surface area (Å²) in [6.45, 7) is 6.00. The number of hydrogen-bond donors (Lipinski definition) is 1. The second-order valence-corrected chi connectivity index (χ2v) is 12.4. The molecule has 1 aliphatic carbocycles. The van der Waals surface area contributed by atoms with Crippen molar-refractivity contribution in [3.8, 4) is 5.75 Å². The number of nitrogens with zero attached hydrogens (tertiary/aromatic N) is 3. The Balaban J connectivity index is 1.20. The molecule has 5 rings (SSSR count). The number of rotatable bonds is 12. The second-order valence-electron chi connectivity index (χ2n) is 12.4. The first kappa shape index (κ1) is 33.4. The molecular formula is C37H47FN4O4. The highest BCUT2D eigenvalue weighted by Crippen LogP contribution is 2.31. The van der Waals surface area contributed by atoms with Crippen molar-refractivity contribution in [2.24, 2.45) is 5.92 Å². The molecule has 3 aromatic carbocycles. The Morgan fingerprint density at radius 2 is 1.54 bits per heavy atom. The van der Waals surface area contributed by atoms with Crippen molar-refractivity contribution in [1.29, 1.82) is 0 Å². The van der Waals surface area contributed by atoms with Crippen LogP contribution in [0.2, 0.25) is 0 Å². The van der Waals surface area contributed by atoms with Crippen LogP contribution in [0.15, 0.2) is 78.9 Å². The summed E-state index contributed by atoms with van der Waals surface area (Å²) >= 11 is 0. The van der Waals surface area contributed by atoms with Crippen LogP contribution in [-0.4, -0.2) is 78.6 Å². The number of carbonyl (C=O) groups excluding carboxylic acids is 2. The molecule has 0 unspecified atom stereocenters. The number of ether oxygens (including phenoxy) is 2. The van der Waals surface area contributed by atoms with Gasteiger partial charge in [0.05, 0.1) is 6.61 Å². The average Bonchev–Trinajstić information content (AvgIpc) is 3.09. The van der Waals surface area contributed by atoms with E-state index in [1.54, 1.807) is 12.1 Å². The third kappa shape index (κ3) is 9.07. The number of piperazine rings is 1. The van der Waals surface area contributed by atoms with Gasteiger partial charge in [-0.3, -0.25) is 14.6 Å². The number of alkyl carbamates (subject to hydrolysis) is 1. The van der Waals surface area contributed by atoms with Crippen molar-refractivity contribution < 1.29 is 23.5 Å². The third-order valence-electron chi connectivity index (χ3n) is 9.30. The first-order valence-electron chi connectivity index (χ1n) is 16.5. The Morgan fingerprint density at radius 1 is 0.891 bits per heavy atom. The van der Waals surface area contributed by atoms with Gasteiger partial charge in [-0.25, -0.2) is 9.18 Å². The summed E-state index contributed by atoms with van der Waals surface area (Å²) in [6.07, 6.45) is 3.01. The van der Waals surface area contributed by atoms with Crippen LogP contribution in [-0.2, 0) is 29.2 Å². The monoisotopic (exact) mass is 630 g/mol. The van der Waals surface area contributed by atoms with Gasteiger partial charge in [0.25, 0.3) is 0 Å². The average molecular weight is 631 g/mol. The van der Waals surface area contributed by atoms with Gasteiger partial charge < -0.3 is 19.7 Å².